The first-order valence-electron chi connectivity index (χ1n) is 37.6. The molecule has 0 radical (unpaired) electrons. The molecule has 2 atom stereocenters. The number of allylic oxidation sites excluding steroid dienone is 4. The minimum absolute atomic E-state index is 0.0113. The molecule has 0 aromatic carbocycles. The van der Waals surface area contributed by atoms with Crippen LogP contribution in [0.3, 0.4) is 0 Å². The van der Waals surface area contributed by atoms with E-state index in [1.165, 1.54) is 347 Å². The SMILES string of the molecule is CCCCCCCC/C=C\CCCCCCCCCC(=O)OCCCCCCCCCCCCCC/C=C\CCCCCCCCCCCC(=O)NC(CO)C(O)CCCCCCCCCCCCCCCCCCCCCCCCC. The van der Waals surface area contributed by atoms with Crippen LogP contribution in [0, 0.1) is 0 Å². The van der Waals surface area contributed by atoms with Crippen LogP contribution in [0.2, 0.25) is 0 Å². The number of amides is 1. The summed E-state index contributed by atoms with van der Waals surface area (Å²) in [6.45, 7) is 4.99. The van der Waals surface area contributed by atoms with Crippen molar-refractivity contribution in [2.75, 3.05) is 13.2 Å². The molecule has 2 unspecified atom stereocenters. The standard InChI is InChI=1S/C76H147NO5/c1-3-5-7-9-11-13-15-17-19-21-22-23-27-30-33-37-40-44-48-52-56-60-64-68-74(79)73(72-78)77-75(80)69-65-61-57-53-49-45-41-38-34-31-28-25-24-26-29-32-35-39-43-47-51-55-59-63-67-71-82-76(81)70-66-62-58-54-50-46-42-36-20-18-16-14-12-10-8-6-4-2/h18,20,25,28,73-74,78-79H,3-17,19,21-24,26-27,29-72H2,1-2H3,(H,77,80)/b20-18-,28-25-. The van der Waals surface area contributed by atoms with E-state index < -0.39 is 12.1 Å². The third kappa shape index (κ3) is 67.5. The summed E-state index contributed by atoms with van der Waals surface area (Å²) in [5, 5.41) is 23.5. The highest BCUT2D eigenvalue weighted by molar-refractivity contribution is 5.76. The van der Waals surface area contributed by atoms with Crippen LogP contribution in [0.5, 0.6) is 0 Å². The second kappa shape index (κ2) is 71.8. The molecule has 0 saturated heterocycles. The van der Waals surface area contributed by atoms with Gasteiger partial charge in [0.2, 0.25) is 5.91 Å². The molecular weight excluding hydrogens is 1010 g/mol. The fraction of sp³-hybridized carbons (Fsp3) is 0.921. The molecule has 0 aromatic rings. The lowest BCUT2D eigenvalue weighted by Crippen LogP contribution is -2.45. The van der Waals surface area contributed by atoms with E-state index in [0.717, 1.165) is 44.9 Å². The molecule has 486 valence electrons. The summed E-state index contributed by atoms with van der Waals surface area (Å²) >= 11 is 0. The largest absolute Gasteiger partial charge is 0.466 e. The van der Waals surface area contributed by atoms with Crippen molar-refractivity contribution < 1.29 is 24.5 Å². The van der Waals surface area contributed by atoms with E-state index in [-0.39, 0.29) is 18.5 Å². The summed E-state index contributed by atoms with van der Waals surface area (Å²) in [5.41, 5.74) is 0. The summed E-state index contributed by atoms with van der Waals surface area (Å²) in [5.74, 6) is -0.0218. The monoisotopic (exact) mass is 1150 g/mol. The molecular formula is C76H147NO5. The van der Waals surface area contributed by atoms with Crippen molar-refractivity contribution in [2.24, 2.45) is 0 Å². The van der Waals surface area contributed by atoms with Gasteiger partial charge in [-0.25, -0.2) is 0 Å². The zero-order valence-corrected chi connectivity index (χ0v) is 55.8. The first kappa shape index (κ1) is 80.3. The maximum Gasteiger partial charge on any atom is 0.305 e. The molecule has 0 saturated carbocycles. The number of carbonyl (C=O) groups is 2. The van der Waals surface area contributed by atoms with Crippen molar-refractivity contribution in [2.45, 2.75) is 437 Å². The first-order chi connectivity index (χ1) is 40.5. The van der Waals surface area contributed by atoms with Gasteiger partial charge in [0.15, 0.2) is 0 Å². The molecule has 6 nitrogen and oxygen atoms in total. The minimum Gasteiger partial charge on any atom is -0.466 e. The maximum absolute atomic E-state index is 12.6. The van der Waals surface area contributed by atoms with Crippen LogP contribution in [-0.4, -0.2) is 47.4 Å². The number of rotatable bonds is 71. The number of hydrogen-bond donors (Lipinski definition) is 3. The molecule has 0 rings (SSSR count). The quantitative estimate of drug-likeness (QED) is 0.0320. The Labute approximate surface area is 513 Å². The van der Waals surface area contributed by atoms with Crippen LogP contribution in [0.4, 0.5) is 0 Å². The van der Waals surface area contributed by atoms with Crippen LogP contribution in [0.25, 0.3) is 0 Å². The number of aliphatic hydroxyl groups is 2. The van der Waals surface area contributed by atoms with Crippen molar-refractivity contribution in [3.63, 3.8) is 0 Å². The molecule has 0 heterocycles. The van der Waals surface area contributed by atoms with Crippen LogP contribution >= 0.6 is 0 Å². The van der Waals surface area contributed by atoms with E-state index in [4.69, 9.17) is 4.74 Å². The molecule has 1 amide bonds. The van der Waals surface area contributed by atoms with Gasteiger partial charge in [0.25, 0.3) is 0 Å². The number of esters is 1. The number of nitrogens with one attached hydrogen (secondary N) is 1. The van der Waals surface area contributed by atoms with E-state index in [0.29, 0.717) is 25.9 Å². The normalized spacial score (nSPS) is 12.6. The average Bonchev–Trinajstić information content (AvgIpc) is 3.48. The van der Waals surface area contributed by atoms with Crippen molar-refractivity contribution in [1.29, 1.82) is 0 Å². The van der Waals surface area contributed by atoms with Crippen molar-refractivity contribution >= 4 is 11.9 Å². The molecule has 0 aliphatic carbocycles. The lowest BCUT2D eigenvalue weighted by atomic mass is 10.0. The summed E-state index contributed by atoms with van der Waals surface area (Å²) in [4.78, 5) is 24.7. The first-order valence-corrected chi connectivity index (χ1v) is 37.6. The molecule has 0 aromatic heterocycles. The Bertz CT molecular complexity index is 1280. The minimum atomic E-state index is -0.668. The van der Waals surface area contributed by atoms with Crippen molar-refractivity contribution in [3.05, 3.63) is 24.3 Å². The summed E-state index contributed by atoms with van der Waals surface area (Å²) in [7, 11) is 0. The van der Waals surface area contributed by atoms with E-state index in [9.17, 15) is 19.8 Å². The van der Waals surface area contributed by atoms with E-state index in [2.05, 4.69) is 43.5 Å². The highest BCUT2D eigenvalue weighted by Gasteiger charge is 2.20. The Hall–Kier alpha value is -1.66. The Morgan fingerprint density at radius 2 is 0.573 bits per heavy atom. The van der Waals surface area contributed by atoms with Gasteiger partial charge in [-0.3, -0.25) is 9.59 Å². The van der Waals surface area contributed by atoms with Gasteiger partial charge in [0.1, 0.15) is 0 Å². The Morgan fingerprint density at radius 3 is 0.866 bits per heavy atom. The van der Waals surface area contributed by atoms with Crippen molar-refractivity contribution in [3.8, 4) is 0 Å². The fourth-order valence-corrected chi connectivity index (χ4v) is 12.0. The molecule has 3 N–H and O–H groups in total. The zero-order chi connectivity index (χ0) is 59.2. The molecule has 0 spiro atoms. The molecule has 0 fully saturated rings. The summed E-state index contributed by atoms with van der Waals surface area (Å²) < 4.78 is 5.50. The highest BCUT2D eigenvalue weighted by atomic mass is 16.5. The number of carbonyl (C=O) groups excluding carboxylic acids is 2. The maximum atomic E-state index is 12.6. The van der Waals surface area contributed by atoms with Gasteiger partial charge in [0, 0.05) is 12.8 Å². The van der Waals surface area contributed by atoms with E-state index in [1.807, 2.05) is 0 Å². The van der Waals surface area contributed by atoms with Crippen molar-refractivity contribution in [1.82, 2.24) is 5.32 Å². The van der Waals surface area contributed by atoms with Gasteiger partial charge in [0.05, 0.1) is 25.4 Å². The predicted octanol–water partition coefficient (Wildman–Crippen LogP) is 24.5. The van der Waals surface area contributed by atoms with E-state index >= 15 is 0 Å². The third-order valence-corrected chi connectivity index (χ3v) is 17.7. The highest BCUT2D eigenvalue weighted by Crippen LogP contribution is 2.19. The van der Waals surface area contributed by atoms with Crippen LogP contribution in [-0.2, 0) is 14.3 Å². The predicted molar refractivity (Wildman–Crippen MR) is 361 cm³/mol. The lowest BCUT2D eigenvalue weighted by Gasteiger charge is -2.22. The van der Waals surface area contributed by atoms with Gasteiger partial charge in [-0.15, -0.1) is 0 Å². The number of hydrogen-bond acceptors (Lipinski definition) is 5. The number of aliphatic hydroxyl groups excluding tert-OH is 2. The van der Waals surface area contributed by atoms with Gasteiger partial charge >= 0.3 is 5.97 Å². The number of ether oxygens (including phenoxy) is 1. The second-order valence-electron chi connectivity index (χ2n) is 26.0. The van der Waals surface area contributed by atoms with Gasteiger partial charge in [-0.2, -0.15) is 0 Å². The summed E-state index contributed by atoms with van der Waals surface area (Å²) in [6, 6.07) is -0.545. The van der Waals surface area contributed by atoms with Gasteiger partial charge in [-0.1, -0.05) is 359 Å². The Balaban J connectivity index is 3.39. The fourth-order valence-electron chi connectivity index (χ4n) is 12.0. The summed E-state index contributed by atoms with van der Waals surface area (Å²) in [6.07, 6.45) is 91.0. The Kier molecular flexibility index (Phi) is 70.4. The Morgan fingerprint density at radius 1 is 0.329 bits per heavy atom. The molecule has 0 bridgehead atoms. The second-order valence-corrected chi connectivity index (χ2v) is 26.0. The van der Waals surface area contributed by atoms with E-state index in [1.54, 1.807) is 0 Å². The van der Waals surface area contributed by atoms with Gasteiger partial charge < -0.3 is 20.3 Å². The van der Waals surface area contributed by atoms with Gasteiger partial charge in [-0.05, 0) is 77.0 Å². The van der Waals surface area contributed by atoms with Crippen LogP contribution in [0.15, 0.2) is 24.3 Å². The molecule has 0 aliphatic heterocycles. The smallest absolute Gasteiger partial charge is 0.305 e. The lowest BCUT2D eigenvalue weighted by molar-refractivity contribution is -0.143. The molecule has 82 heavy (non-hydrogen) atoms. The third-order valence-electron chi connectivity index (χ3n) is 17.7. The molecule has 0 aliphatic rings. The van der Waals surface area contributed by atoms with Crippen LogP contribution < -0.4 is 5.32 Å². The van der Waals surface area contributed by atoms with Crippen LogP contribution in [0.1, 0.15) is 425 Å². The number of unbranched alkanes of at least 4 members (excludes halogenated alkanes) is 56. The average molecular weight is 1160 g/mol. The zero-order valence-electron chi connectivity index (χ0n) is 55.8. The topological polar surface area (TPSA) is 95.9 Å². The molecule has 6 heteroatoms.